The molecule has 2 N–H and O–H groups in total. The van der Waals surface area contributed by atoms with E-state index in [9.17, 15) is 5.11 Å². The maximum absolute atomic E-state index is 9.73. The molecule has 1 aromatic rings. The monoisotopic (exact) mass is 297 g/mol. The number of hydrogen-bond donors (Lipinski definition) is 2. The lowest BCUT2D eigenvalue weighted by Gasteiger charge is -2.50. The molecule has 1 saturated carbocycles. The van der Waals surface area contributed by atoms with Crippen molar-refractivity contribution in [2.45, 2.75) is 45.4 Å². The lowest BCUT2D eigenvalue weighted by molar-refractivity contribution is -0.0754. The van der Waals surface area contributed by atoms with E-state index in [0.29, 0.717) is 12.1 Å². The largest absolute Gasteiger partial charge is 0.392 e. The zero-order chi connectivity index (χ0) is 12.6. The summed E-state index contributed by atoms with van der Waals surface area (Å²) in [6, 6.07) is 9.06. The lowest BCUT2D eigenvalue weighted by atomic mass is 9.64. The minimum absolute atomic E-state index is 0.0136. The van der Waals surface area contributed by atoms with Crippen molar-refractivity contribution in [3.63, 3.8) is 0 Å². The van der Waals surface area contributed by atoms with E-state index in [1.54, 1.807) is 0 Å². The standard InChI is InChI=1S/C14H20BrNO/c1-9(10-5-4-6-11(15)7-10)16-12-8-13(17)14(12,2)3/h4-7,9,12-13,16-17H,8H2,1-3H3. The van der Waals surface area contributed by atoms with Crippen LogP contribution in [0.5, 0.6) is 0 Å². The van der Waals surface area contributed by atoms with Gasteiger partial charge in [-0.2, -0.15) is 0 Å². The van der Waals surface area contributed by atoms with Crippen LogP contribution in [-0.2, 0) is 0 Å². The maximum atomic E-state index is 9.73. The SMILES string of the molecule is CC(NC1CC(O)C1(C)C)c1cccc(Br)c1. The molecule has 0 amide bonds. The molecule has 0 saturated heterocycles. The van der Waals surface area contributed by atoms with Gasteiger partial charge in [-0.15, -0.1) is 0 Å². The van der Waals surface area contributed by atoms with E-state index in [-0.39, 0.29) is 11.5 Å². The van der Waals surface area contributed by atoms with Gasteiger partial charge >= 0.3 is 0 Å². The average molecular weight is 298 g/mol. The van der Waals surface area contributed by atoms with Crippen molar-refractivity contribution in [3.8, 4) is 0 Å². The summed E-state index contributed by atoms with van der Waals surface area (Å²) in [7, 11) is 0. The molecule has 1 aromatic carbocycles. The molecule has 3 atom stereocenters. The Morgan fingerprint density at radius 1 is 1.47 bits per heavy atom. The van der Waals surface area contributed by atoms with Crippen LogP contribution in [0.1, 0.15) is 38.8 Å². The summed E-state index contributed by atoms with van der Waals surface area (Å²) in [5.41, 5.74) is 1.26. The van der Waals surface area contributed by atoms with E-state index in [4.69, 9.17) is 0 Å². The number of aliphatic hydroxyl groups excluding tert-OH is 1. The van der Waals surface area contributed by atoms with Gasteiger partial charge in [0.15, 0.2) is 0 Å². The fourth-order valence-corrected chi connectivity index (χ4v) is 2.78. The molecule has 1 aliphatic rings. The maximum Gasteiger partial charge on any atom is 0.0621 e. The predicted molar refractivity (Wildman–Crippen MR) is 73.9 cm³/mol. The van der Waals surface area contributed by atoms with Gasteiger partial charge in [-0.05, 0) is 31.0 Å². The summed E-state index contributed by atoms with van der Waals surface area (Å²) < 4.78 is 1.11. The van der Waals surface area contributed by atoms with Crippen LogP contribution >= 0.6 is 15.9 Å². The zero-order valence-electron chi connectivity index (χ0n) is 10.6. The van der Waals surface area contributed by atoms with Crippen LogP contribution < -0.4 is 5.32 Å². The van der Waals surface area contributed by atoms with Crippen LogP contribution in [0.25, 0.3) is 0 Å². The first-order valence-electron chi connectivity index (χ1n) is 6.11. The molecule has 2 nitrogen and oxygen atoms in total. The third-order valence-corrected chi connectivity index (χ3v) is 4.51. The predicted octanol–water partition coefficient (Wildman–Crippen LogP) is 3.26. The number of aliphatic hydroxyl groups is 1. The third kappa shape index (κ3) is 2.56. The summed E-state index contributed by atoms with van der Waals surface area (Å²) in [6.45, 7) is 6.40. The van der Waals surface area contributed by atoms with Gasteiger partial charge in [-0.3, -0.25) is 0 Å². The first-order chi connectivity index (χ1) is 7.91. The molecule has 17 heavy (non-hydrogen) atoms. The number of rotatable bonds is 3. The second-order valence-corrected chi connectivity index (χ2v) is 6.48. The van der Waals surface area contributed by atoms with Crippen molar-refractivity contribution < 1.29 is 5.11 Å². The van der Waals surface area contributed by atoms with Gasteiger partial charge in [0.1, 0.15) is 0 Å². The summed E-state index contributed by atoms with van der Waals surface area (Å²) in [5, 5.41) is 13.3. The lowest BCUT2D eigenvalue weighted by Crippen LogP contribution is -2.60. The number of nitrogens with one attached hydrogen (secondary N) is 1. The minimum atomic E-state index is -0.172. The third-order valence-electron chi connectivity index (χ3n) is 4.02. The highest BCUT2D eigenvalue weighted by Gasteiger charge is 2.47. The van der Waals surface area contributed by atoms with Crippen LogP contribution in [0.4, 0.5) is 0 Å². The molecule has 3 heteroatoms. The Labute approximate surface area is 112 Å². The minimum Gasteiger partial charge on any atom is -0.392 e. The Morgan fingerprint density at radius 2 is 2.18 bits per heavy atom. The van der Waals surface area contributed by atoms with E-state index < -0.39 is 0 Å². The van der Waals surface area contributed by atoms with E-state index in [2.05, 4.69) is 60.2 Å². The quantitative estimate of drug-likeness (QED) is 0.897. The van der Waals surface area contributed by atoms with E-state index >= 15 is 0 Å². The Kier molecular flexibility index (Phi) is 3.62. The fraction of sp³-hybridized carbons (Fsp3) is 0.571. The van der Waals surface area contributed by atoms with E-state index in [0.717, 1.165) is 10.9 Å². The molecule has 3 unspecified atom stereocenters. The summed E-state index contributed by atoms with van der Waals surface area (Å²) in [6.07, 6.45) is 0.681. The molecule has 0 aliphatic heterocycles. The van der Waals surface area contributed by atoms with Crippen LogP contribution in [-0.4, -0.2) is 17.3 Å². The Morgan fingerprint density at radius 3 is 2.71 bits per heavy atom. The van der Waals surface area contributed by atoms with Crippen LogP contribution in [0.2, 0.25) is 0 Å². The van der Waals surface area contributed by atoms with Crippen molar-refractivity contribution in [2.75, 3.05) is 0 Å². The van der Waals surface area contributed by atoms with Crippen LogP contribution in [0.3, 0.4) is 0 Å². The van der Waals surface area contributed by atoms with Gasteiger partial charge in [0, 0.05) is 22.0 Å². The molecule has 1 fully saturated rings. The molecule has 94 valence electrons. The molecular weight excluding hydrogens is 278 g/mol. The van der Waals surface area contributed by atoms with Crippen LogP contribution in [0, 0.1) is 5.41 Å². The fourth-order valence-electron chi connectivity index (χ4n) is 2.36. The average Bonchev–Trinajstić information content (AvgIpc) is 2.28. The number of hydrogen-bond acceptors (Lipinski definition) is 2. The Bertz CT molecular complexity index is 405. The highest BCUT2D eigenvalue weighted by Crippen LogP contribution is 2.41. The number of halogens is 1. The smallest absolute Gasteiger partial charge is 0.0621 e. The van der Waals surface area contributed by atoms with Crippen molar-refractivity contribution in [1.82, 2.24) is 5.32 Å². The molecule has 0 radical (unpaired) electrons. The first-order valence-corrected chi connectivity index (χ1v) is 6.90. The highest BCUT2D eigenvalue weighted by molar-refractivity contribution is 9.10. The highest BCUT2D eigenvalue weighted by atomic mass is 79.9. The molecular formula is C14H20BrNO. The van der Waals surface area contributed by atoms with E-state index in [1.165, 1.54) is 5.56 Å². The molecule has 2 rings (SSSR count). The van der Waals surface area contributed by atoms with Gasteiger partial charge in [0.05, 0.1) is 6.10 Å². The number of benzene rings is 1. The molecule has 1 aliphatic carbocycles. The Balaban J connectivity index is 2.01. The van der Waals surface area contributed by atoms with Crippen molar-refractivity contribution in [1.29, 1.82) is 0 Å². The van der Waals surface area contributed by atoms with Gasteiger partial charge in [-0.25, -0.2) is 0 Å². The second-order valence-electron chi connectivity index (χ2n) is 5.57. The van der Waals surface area contributed by atoms with Crippen molar-refractivity contribution in [2.24, 2.45) is 5.41 Å². The van der Waals surface area contributed by atoms with Gasteiger partial charge in [0.2, 0.25) is 0 Å². The first kappa shape index (κ1) is 13.1. The van der Waals surface area contributed by atoms with Crippen molar-refractivity contribution in [3.05, 3.63) is 34.3 Å². The summed E-state index contributed by atoms with van der Waals surface area (Å²) in [4.78, 5) is 0. The van der Waals surface area contributed by atoms with Crippen LogP contribution in [0.15, 0.2) is 28.7 Å². The molecule has 0 spiro atoms. The van der Waals surface area contributed by atoms with Gasteiger partial charge in [0.25, 0.3) is 0 Å². The van der Waals surface area contributed by atoms with Crippen molar-refractivity contribution >= 4 is 15.9 Å². The topological polar surface area (TPSA) is 32.3 Å². The summed E-state index contributed by atoms with van der Waals surface area (Å²) >= 11 is 3.49. The van der Waals surface area contributed by atoms with Gasteiger partial charge in [-0.1, -0.05) is 41.9 Å². The zero-order valence-corrected chi connectivity index (χ0v) is 12.2. The molecule has 0 bridgehead atoms. The molecule has 0 heterocycles. The Hall–Kier alpha value is -0.380. The second kappa shape index (κ2) is 4.71. The van der Waals surface area contributed by atoms with Gasteiger partial charge < -0.3 is 10.4 Å². The van der Waals surface area contributed by atoms with E-state index in [1.807, 2.05) is 6.07 Å². The molecule has 0 aromatic heterocycles. The summed E-state index contributed by atoms with van der Waals surface area (Å²) in [5.74, 6) is 0. The normalized spacial score (nSPS) is 28.5.